The molecule has 1 fully saturated rings. The van der Waals surface area contributed by atoms with Crippen LogP contribution in [0.1, 0.15) is 43.2 Å². The molecule has 2 rings (SSSR count). The highest BCUT2D eigenvalue weighted by molar-refractivity contribution is 14.0. The van der Waals surface area contributed by atoms with Crippen molar-refractivity contribution in [3.8, 4) is 0 Å². The summed E-state index contributed by atoms with van der Waals surface area (Å²) in [6, 6.07) is 8.47. The standard InChI is InChI=1S/C16H25N3O.HI/c17-16(19-15-4-2-1-3-5-15)18-11-10-13-6-8-14(12-20)9-7-13;/h6-9,15,20H,1-5,10-12H2,(H3,17,18,19);1H. The predicted molar refractivity (Wildman–Crippen MR) is 98.0 cm³/mol. The van der Waals surface area contributed by atoms with Crippen LogP contribution < -0.4 is 11.1 Å². The van der Waals surface area contributed by atoms with Crippen LogP contribution >= 0.6 is 24.0 Å². The first-order chi connectivity index (χ1) is 9.78. The minimum Gasteiger partial charge on any atom is -0.392 e. The summed E-state index contributed by atoms with van der Waals surface area (Å²) in [6.07, 6.45) is 7.22. The van der Waals surface area contributed by atoms with E-state index in [2.05, 4.69) is 10.3 Å². The van der Waals surface area contributed by atoms with E-state index in [1.807, 2.05) is 24.3 Å². The lowest BCUT2D eigenvalue weighted by Gasteiger charge is -2.23. The molecular formula is C16H26IN3O. The lowest BCUT2D eigenvalue weighted by atomic mass is 9.96. The van der Waals surface area contributed by atoms with Gasteiger partial charge in [-0.3, -0.25) is 4.99 Å². The van der Waals surface area contributed by atoms with Gasteiger partial charge in [-0.15, -0.1) is 24.0 Å². The van der Waals surface area contributed by atoms with Crippen molar-refractivity contribution >= 4 is 29.9 Å². The Morgan fingerprint density at radius 2 is 1.76 bits per heavy atom. The Kier molecular flexibility index (Phi) is 8.68. The monoisotopic (exact) mass is 403 g/mol. The van der Waals surface area contributed by atoms with Gasteiger partial charge in [0, 0.05) is 12.6 Å². The largest absolute Gasteiger partial charge is 0.392 e. The molecule has 0 atom stereocenters. The first-order valence-corrected chi connectivity index (χ1v) is 7.53. The molecule has 0 bridgehead atoms. The van der Waals surface area contributed by atoms with Gasteiger partial charge >= 0.3 is 0 Å². The van der Waals surface area contributed by atoms with Crippen molar-refractivity contribution < 1.29 is 5.11 Å². The van der Waals surface area contributed by atoms with Crippen LogP contribution in [0, 0.1) is 0 Å². The van der Waals surface area contributed by atoms with E-state index in [-0.39, 0.29) is 30.6 Å². The zero-order valence-electron chi connectivity index (χ0n) is 12.4. The summed E-state index contributed by atoms with van der Waals surface area (Å²) in [6.45, 7) is 0.792. The Morgan fingerprint density at radius 3 is 2.38 bits per heavy atom. The zero-order valence-corrected chi connectivity index (χ0v) is 14.8. The molecular weight excluding hydrogens is 377 g/mol. The average Bonchev–Trinajstić information content (AvgIpc) is 2.49. The Balaban J connectivity index is 0.00000220. The highest BCUT2D eigenvalue weighted by Crippen LogP contribution is 2.17. The van der Waals surface area contributed by atoms with E-state index in [1.54, 1.807) is 0 Å². The van der Waals surface area contributed by atoms with Crippen LogP contribution in [0.2, 0.25) is 0 Å². The van der Waals surface area contributed by atoms with Gasteiger partial charge in [-0.2, -0.15) is 0 Å². The van der Waals surface area contributed by atoms with E-state index in [4.69, 9.17) is 10.8 Å². The fourth-order valence-electron chi connectivity index (χ4n) is 2.62. The molecule has 21 heavy (non-hydrogen) atoms. The molecule has 4 N–H and O–H groups in total. The maximum atomic E-state index is 8.99. The lowest BCUT2D eigenvalue weighted by molar-refractivity contribution is 0.282. The molecule has 0 radical (unpaired) electrons. The van der Waals surface area contributed by atoms with Gasteiger partial charge in [0.15, 0.2) is 5.96 Å². The minimum atomic E-state index is 0. The second-order valence-corrected chi connectivity index (χ2v) is 5.47. The van der Waals surface area contributed by atoms with Crippen LogP contribution in [0.5, 0.6) is 0 Å². The predicted octanol–water partition coefficient (Wildman–Crippen LogP) is 2.58. The molecule has 1 aliphatic rings. The highest BCUT2D eigenvalue weighted by atomic mass is 127. The zero-order chi connectivity index (χ0) is 14.2. The number of hydrogen-bond donors (Lipinski definition) is 3. The van der Waals surface area contributed by atoms with Crippen molar-refractivity contribution in [3.63, 3.8) is 0 Å². The lowest BCUT2D eigenvalue weighted by Crippen LogP contribution is -2.41. The van der Waals surface area contributed by atoms with E-state index in [9.17, 15) is 0 Å². The second-order valence-electron chi connectivity index (χ2n) is 5.47. The molecule has 0 aromatic heterocycles. The number of rotatable bonds is 5. The van der Waals surface area contributed by atoms with Gasteiger partial charge in [-0.1, -0.05) is 43.5 Å². The maximum Gasteiger partial charge on any atom is 0.188 e. The molecule has 1 aromatic carbocycles. The molecule has 118 valence electrons. The van der Waals surface area contributed by atoms with E-state index < -0.39 is 0 Å². The van der Waals surface area contributed by atoms with Crippen LogP contribution in [-0.4, -0.2) is 23.7 Å². The summed E-state index contributed by atoms with van der Waals surface area (Å²) in [5.41, 5.74) is 8.08. The number of aliphatic hydroxyl groups excluding tert-OH is 1. The first kappa shape index (κ1) is 18.2. The molecule has 0 unspecified atom stereocenters. The number of benzene rings is 1. The molecule has 1 saturated carbocycles. The van der Waals surface area contributed by atoms with Gasteiger partial charge in [0.25, 0.3) is 0 Å². The van der Waals surface area contributed by atoms with Gasteiger partial charge in [0.05, 0.1) is 6.61 Å². The Hall–Kier alpha value is -0.820. The Bertz CT molecular complexity index is 428. The number of hydrogen-bond acceptors (Lipinski definition) is 2. The number of aliphatic imine (C=N–C) groups is 1. The summed E-state index contributed by atoms with van der Waals surface area (Å²) in [5, 5.41) is 12.3. The minimum absolute atomic E-state index is 0. The quantitative estimate of drug-likeness (QED) is 0.402. The number of halogens is 1. The molecule has 0 aliphatic heterocycles. The van der Waals surface area contributed by atoms with Gasteiger partial charge in [-0.25, -0.2) is 0 Å². The van der Waals surface area contributed by atoms with Crippen molar-refractivity contribution in [1.82, 2.24) is 5.32 Å². The smallest absolute Gasteiger partial charge is 0.188 e. The summed E-state index contributed by atoms with van der Waals surface area (Å²) in [5.74, 6) is 0.573. The molecule has 0 spiro atoms. The van der Waals surface area contributed by atoms with E-state index in [0.717, 1.165) is 12.0 Å². The molecule has 0 saturated heterocycles. The normalized spacial score (nSPS) is 16.3. The van der Waals surface area contributed by atoms with Gasteiger partial charge in [0.2, 0.25) is 0 Å². The van der Waals surface area contributed by atoms with Crippen LogP contribution in [0.4, 0.5) is 0 Å². The number of guanidine groups is 1. The summed E-state index contributed by atoms with van der Waals surface area (Å²) in [4.78, 5) is 4.39. The third-order valence-electron chi connectivity index (χ3n) is 3.85. The van der Waals surface area contributed by atoms with E-state index in [0.29, 0.717) is 18.5 Å². The van der Waals surface area contributed by atoms with Crippen LogP contribution in [0.15, 0.2) is 29.3 Å². The van der Waals surface area contributed by atoms with Gasteiger partial charge in [0.1, 0.15) is 0 Å². The van der Waals surface area contributed by atoms with Crippen LogP contribution in [-0.2, 0) is 13.0 Å². The summed E-state index contributed by atoms with van der Waals surface area (Å²) >= 11 is 0. The van der Waals surface area contributed by atoms with Crippen molar-refractivity contribution in [2.24, 2.45) is 10.7 Å². The van der Waals surface area contributed by atoms with Gasteiger partial charge in [-0.05, 0) is 30.4 Å². The Morgan fingerprint density at radius 1 is 1.14 bits per heavy atom. The molecule has 1 aliphatic carbocycles. The van der Waals surface area contributed by atoms with Crippen molar-refractivity contribution in [2.75, 3.05) is 6.54 Å². The third kappa shape index (κ3) is 6.65. The molecule has 0 heterocycles. The average molecular weight is 403 g/mol. The fourth-order valence-corrected chi connectivity index (χ4v) is 2.62. The number of nitrogens with zero attached hydrogens (tertiary/aromatic N) is 1. The van der Waals surface area contributed by atoms with E-state index in [1.165, 1.54) is 37.7 Å². The topological polar surface area (TPSA) is 70.6 Å². The Labute approximate surface area is 144 Å². The fraction of sp³-hybridized carbons (Fsp3) is 0.562. The van der Waals surface area contributed by atoms with Crippen LogP contribution in [0.3, 0.4) is 0 Å². The SMILES string of the molecule is I.NC(=NCCc1ccc(CO)cc1)NC1CCCCC1. The molecule has 4 nitrogen and oxygen atoms in total. The third-order valence-corrected chi connectivity index (χ3v) is 3.85. The molecule has 5 heteroatoms. The second kappa shape index (κ2) is 10.00. The maximum absolute atomic E-state index is 8.99. The van der Waals surface area contributed by atoms with E-state index >= 15 is 0 Å². The number of nitrogens with one attached hydrogen (secondary N) is 1. The first-order valence-electron chi connectivity index (χ1n) is 7.53. The van der Waals surface area contributed by atoms with Crippen molar-refractivity contribution in [3.05, 3.63) is 35.4 Å². The van der Waals surface area contributed by atoms with Crippen LogP contribution in [0.25, 0.3) is 0 Å². The van der Waals surface area contributed by atoms with Gasteiger partial charge < -0.3 is 16.2 Å². The van der Waals surface area contributed by atoms with Crippen molar-refractivity contribution in [1.29, 1.82) is 0 Å². The molecule has 0 amide bonds. The number of aliphatic hydroxyl groups is 1. The number of nitrogens with two attached hydrogens (primary N) is 1. The summed E-state index contributed by atoms with van der Waals surface area (Å²) in [7, 11) is 0. The molecule has 1 aromatic rings. The highest BCUT2D eigenvalue weighted by Gasteiger charge is 2.12. The summed E-state index contributed by atoms with van der Waals surface area (Å²) < 4.78 is 0. The van der Waals surface area contributed by atoms with Crippen molar-refractivity contribution in [2.45, 2.75) is 51.2 Å².